The Bertz CT molecular complexity index is 413. The zero-order chi connectivity index (χ0) is 13.7. The molecule has 5 nitrogen and oxygen atoms in total. The van der Waals surface area contributed by atoms with Crippen molar-refractivity contribution >= 4 is 11.6 Å². The monoisotopic (exact) mass is 259 g/mol. The van der Waals surface area contributed by atoms with Crippen molar-refractivity contribution in [2.45, 2.75) is 12.5 Å². The van der Waals surface area contributed by atoms with Crippen molar-refractivity contribution in [2.75, 3.05) is 26.0 Å². The first-order valence-electron chi connectivity index (χ1n) is 5.29. The highest BCUT2D eigenvalue weighted by atomic mass is 19.3. The van der Waals surface area contributed by atoms with Crippen LogP contribution < -0.4 is 5.32 Å². The summed E-state index contributed by atoms with van der Waals surface area (Å²) >= 11 is 0. The molecule has 1 heterocycles. The maximum Gasteiger partial charge on any atom is 0.272 e. The van der Waals surface area contributed by atoms with Gasteiger partial charge in [-0.2, -0.15) is 0 Å². The summed E-state index contributed by atoms with van der Waals surface area (Å²) in [6.07, 6.45) is -3.15. The summed E-state index contributed by atoms with van der Waals surface area (Å²) in [4.78, 5) is 16.9. The number of carbonyl (C=O) groups excluding carboxylic acids is 1. The van der Waals surface area contributed by atoms with Gasteiger partial charge in [-0.25, -0.2) is 8.78 Å². The molecule has 1 atom stereocenters. The third-order valence-electron chi connectivity index (χ3n) is 2.19. The summed E-state index contributed by atoms with van der Waals surface area (Å²) in [5, 5.41) is 11.6. The average Bonchev–Trinajstić information content (AvgIpc) is 2.35. The number of anilines is 1. The molecule has 0 bridgehead atoms. The number of alkyl halides is 2. The zero-order valence-corrected chi connectivity index (χ0v) is 10.1. The summed E-state index contributed by atoms with van der Waals surface area (Å²) in [6, 6.07) is 2.98. The molecule has 2 N–H and O–H groups in total. The maximum absolute atomic E-state index is 12.1. The fourth-order valence-electron chi connectivity index (χ4n) is 1.20. The van der Waals surface area contributed by atoms with Gasteiger partial charge in [-0.15, -0.1) is 0 Å². The molecule has 1 aromatic heterocycles. The molecule has 1 unspecified atom stereocenters. The van der Waals surface area contributed by atoms with E-state index in [4.69, 9.17) is 5.11 Å². The molecule has 7 heteroatoms. The van der Waals surface area contributed by atoms with Crippen LogP contribution in [-0.2, 0) is 0 Å². The quantitative estimate of drug-likeness (QED) is 0.821. The van der Waals surface area contributed by atoms with Crippen LogP contribution in [0.15, 0.2) is 18.3 Å². The van der Waals surface area contributed by atoms with Gasteiger partial charge in [0.15, 0.2) is 0 Å². The van der Waals surface area contributed by atoms with Crippen LogP contribution in [0.5, 0.6) is 0 Å². The van der Waals surface area contributed by atoms with Gasteiger partial charge in [0.25, 0.3) is 12.3 Å². The average molecular weight is 259 g/mol. The second kappa shape index (κ2) is 6.25. The third kappa shape index (κ3) is 3.92. The maximum atomic E-state index is 12.1. The number of nitrogens with zero attached hydrogens (tertiary/aromatic N) is 2. The van der Waals surface area contributed by atoms with E-state index >= 15 is 0 Å². The number of rotatable bonds is 5. The Labute approximate surface area is 103 Å². The predicted molar refractivity (Wildman–Crippen MR) is 62.8 cm³/mol. The van der Waals surface area contributed by atoms with Gasteiger partial charge in [0.1, 0.15) is 11.8 Å². The van der Waals surface area contributed by atoms with Crippen LogP contribution in [0, 0.1) is 0 Å². The Morgan fingerprint density at radius 2 is 2.22 bits per heavy atom. The molecule has 0 fully saturated rings. The first-order chi connectivity index (χ1) is 8.41. The van der Waals surface area contributed by atoms with Crippen molar-refractivity contribution < 1.29 is 18.7 Å². The van der Waals surface area contributed by atoms with Gasteiger partial charge in [-0.05, 0) is 12.1 Å². The molecular weight excluding hydrogens is 244 g/mol. The molecule has 1 aromatic rings. The minimum atomic E-state index is -2.80. The van der Waals surface area contributed by atoms with Crippen molar-refractivity contribution in [3.8, 4) is 0 Å². The van der Waals surface area contributed by atoms with Gasteiger partial charge >= 0.3 is 0 Å². The lowest BCUT2D eigenvalue weighted by atomic mass is 10.2. The van der Waals surface area contributed by atoms with Gasteiger partial charge in [0.05, 0.1) is 0 Å². The van der Waals surface area contributed by atoms with Gasteiger partial charge in [-0.1, -0.05) is 0 Å². The number of pyridine rings is 1. The van der Waals surface area contributed by atoms with Crippen molar-refractivity contribution in [1.82, 2.24) is 9.88 Å². The second-order valence-corrected chi connectivity index (χ2v) is 3.91. The minimum absolute atomic E-state index is 0.205. The Hall–Kier alpha value is -1.76. The Morgan fingerprint density at radius 1 is 1.56 bits per heavy atom. The molecule has 1 rings (SSSR count). The Morgan fingerprint density at radius 3 is 2.78 bits per heavy atom. The first-order valence-corrected chi connectivity index (χ1v) is 5.29. The summed E-state index contributed by atoms with van der Waals surface area (Å²) < 4.78 is 24.2. The van der Waals surface area contributed by atoms with Crippen molar-refractivity contribution in [1.29, 1.82) is 0 Å². The highest BCUT2D eigenvalue weighted by Gasteiger charge is 2.16. The molecule has 0 aliphatic rings. The van der Waals surface area contributed by atoms with E-state index in [1.807, 2.05) is 0 Å². The molecule has 1 amide bonds. The Balaban J connectivity index is 2.68. The van der Waals surface area contributed by atoms with E-state index < -0.39 is 12.5 Å². The number of hydrogen-bond acceptors (Lipinski definition) is 4. The molecule has 0 spiro atoms. The largest absolute Gasteiger partial charge is 0.385 e. The number of halogens is 2. The molecule has 100 valence electrons. The second-order valence-electron chi connectivity index (χ2n) is 3.91. The van der Waals surface area contributed by atoms with Crippen LogP contribution in [0.25, 0.3) is 0 Å². The van der Waals surface area contributed by atoms with Crippen molar-refractivity contribution in [3.63, 3.8) is 0 Å². The molecule has 0 aliphatic heterocycles. The molecular formula is C11H15F2N3O2. The summed E-state index contributed by atoms with van der Waals surface area (Å²) in [7, 11) is 3.18. The van der Waals surface area contributed by atoms with Gasteiger partial charge in [-0.3, -0.25) is 9.78 Å². The van der Waals surface area contributed by atoms with E-state index in [0.29, 0.717) is 5.69 Å². The topological polar surface area (TPSA) is 65.5 Å². The number of aliphatic hydroxyl groups excluding tert-OH is 1. The van der Waals surface area contributed by atoms with Crippen LogP contribution in [0.1, 0.15) is 10.5 Å². The standard InChI is InChI=1S/C11H15F2N3O2/c1-16(2)11(18)8-5-7(3-4-14-8)15-6-9(17)10(12)13/h3-5,9-10,17H,6H2,1-2H3,(H,14,15). The Kier molecular flexibility index (Phi) is 4.96. The van der Waals surface area contributed by atoms with Crippen LogP contribution in [0.2, 0.25) is 0 Å². The summed E-state index contributed by atoms with van der Waals surface area (Å²) in [5.41, 5.74) is 0.659. The number of hydrogen-bond donors (Lipinski definition) is 2. The third-order valence-corrected chi connectivity index (χ3v) is 2.19. The number of amides is 1. The fraction of sp³-hybridized carbons (Fsp3) is 0.455. The van der Waals surface area contributed by atoms with E-state index in [0.717, 1.165) is 0 Å². The molecule has 0 saturated heterocycles. The highest BCUT2D eigenvalue weighted by Crippen LogP contribution is 2.10. The normalized spacial score (nSPS) is 12.3. The smallest absolute Gasteiger partial charge is 0.272 e. The molecule has 18 heavy (non-hydrogen) atoms. The number of carbonyl (C=O) groups is 1. The SMILES string of the molecule is CN(C)C(=O)c1cc(NCC(O)C(F)F)ccn1. The molecule has 0 saturated carbocycles. The zero-order valence-electron chi connectivity index (χ0n) is 10.1. The molecule has 0 aromatic carbocycles. The lowest BCUT2D eigenvalue weighted by Crippen LogP contribution is -2.27. The minimum Gasteiger partial charge on any atom is -0.385 e. The molecule has 0 aliphatic carbocycles. The van der Waals surface area contributed by atoms with Crippen molar-refractivity contribution in [3.05, 3.63) is 24.0 Å². The van der Waals surface area contributed by atoms with Gasteiger partial charge < -0.3 is 15.3 Å². The summed E-state index contributed by atoms with van der Waals surface area (Å²) in [6.45, 7) is -0.294. The van der Waals surface area contributed by atoms with Crippen LogP contribution in [0.3, 0.4) is 0 Å². The van der Waals surface area contributed by atoms with Gasteiger partial charge in [0, 0.05) is 32.5 Å². The summed E-state index contributed by atoms with van der Waals surface area (Å²) in [5.74, 6) is -0.284. The fourth-order valence-corrected chi connectivity index (χ4v) is 1.20. The lowest BCUT2D eigenvalue weighted by molar-refractivity contribution is 0.00384. The van der Waals surface area contributed by atoms with Crippen molar-refractivity contribution in [2.24, 2.45) is 0 Å². The van der Waals surface area contributed by atoms with E-state index in [-0.39, 0.29) is 18.1 Å². The lowest BCUT2D eigenvalue weighted by Gasteiger charge is -2.13. The van der Waals surface area contributed by atoms with E-state index in [2.05, 4.69) is 10.3 Å². The molecule has 0 radical (unpaired) electrons. The number of aliphatic hydroxyl groups is 1. The number of nitrogens with one attached hydrogen (secondary N) is 1. The predicted octanol–water partition coefficient (Wildman–Crippen LogP) is 0.821. The first kappa shape index (κ1) is 14.3. The van der Waals surface area contributed by atoms with E-state index in [1.165, 1.54) is 23.2 Å². The number of aromatic nitrogens is 1. The van der Waals surface area contributed by atoms with E-state index in [9.17, 15) is 13.6 Å². The van der Waals surface area contributed by atoms with Crippen LogP contribution in [0.4, 0.5) is 14.5 Å². The van der Waals surface area contributed by atoms with E-state index in [1.54, 1.807) is 14.1 Å². The highest BCUT2D eigenvalue weighted by molar-refractivity contribution is 5.92. The van der Waals surface area contributed by atoms with Gasteiger partial charge in [0.2, 0.25) is 0 Å². The van der Waals surface area contributed by atoms with Crippen LogP contribution in [-0.4, -0.2) is 54.1 Å². The van der Waals surface area contributed by atoms with Crippen LogP contribution >= 0.6 is 0 Å².